The summed E-state index contributed by atoms with van der Waals surface area (Å²) in [4.78, 5) is 0. The first-order valence-corrected chi connectivity index (χ1v) is 5.85. The molecule has 1 unspecified atom stereocenters. The van der Waals surface area contributed by atoms with E-state index in [1.54, 1.807) is 0 Å². The highest BCUT2D eigenvalue weighted by Gasteiger charge is 2.22. The van der Waals surface area contributed by atoms with Crippen molar-refractivity contribution in [1.29, 1.82) is 0 Å². The van der Waals surface area contributed by atoms with Crippen molar-refractivity contribution in [1.82, 2.24) is 20.1 Å². The van der Waals surface area contributed by atoms with Gasteiger partial charge in [0.1, 0.15) is 11.6 Å². The van der Waals surface area contributed by atoms with E-state index in [2.05, 4.69) is 33.9 Å². The van der Waals surface area contributed by atoms with Crippen molar-refractivity contribution in [2.45, 2.75) is 52.1 Å². The van der Waals surface area contributed by atoms with Gasteiger partial charge >= 0.3 is 0 Å². The van der Waals surface area contributed by atoms with Crippen molar-refractivity contribution in [3.8, 4) is 0 Å². The smallest absolute Gasteiger partial charge is 0.150 e. The van der Waals surface area contributed by atoms with Crippen LogP contribution in [0, 0.1) is 6.92 Å². The normalized spacial score (nSPS) is 22.3. The van der Waals surface area contributed by atoms with Crippen LogP contribution in [-0.4, -0.2) is 21.3 Å². The van der Waals surface area contributed by atoms with Crippen LogP contribution in [-0.2, 0) is 0 Å². The van der Waals surface area contributed by atoms with Crippen LogP contribution in [0.25, 0.3) is 0 Å². The molecule has 15 heavy (non-hydrogen) atoms. The van der Waals surface area contributed by atoms with Gasteiger partial charge in [-0.15, -0.1) is 10.2 Å². The van der Waals surface area contributed by atoms with E-state index in [0.29, 0.717) is 12.1 Å². The third-order valence-corrected chi connectivity index (χ3v) is 3.03. The first-order valence-electron chi connectivity index (χ1n) is 5.85. The van der Waals surface area contributed by atoms with E-state index >= 15 is 0 Å². The maximum Gasteiger partial charge on any atom is 0.150 e. The third-order valence-electron chi connectivity index (χ3n) is 3.03. The van der Waals surface area contributed by atoms with Crippen LogP contribution >= 0.6 is 0 Å². The largest absolute Gasteiger partial charge is 0.311 e. The number of aromatic nitrogens is 3. The van der Waals surface area contributed by atoms with Crippen LogP contribution in [0.3, 0.4) is 0 Å². The number of piperidine rings is 1. The monoisotopic (exact) mass is 208 g/mol. The standard InChI is InChI=1S/C11H20N4/c1-8(2)15-9(3)13-14-11(15)10-6-4-5-7-12-10/h8,10,12H,4-7H2,1-3H3. The van der Waals surface area contributed by atoms with Gasteiger partial charge < -0.3 is 9.88 Å². The summed E-state index contributed by atoms with van der Waals surface area (Å²) in [5.74, 6) is 2.13. The van der Waals surface area contributed by atoms with Crippen molar-refractivity contribution in [2.24, 2.45) is 0 Å². The van der Waals surface area contributed by atoms with E-state index in [1.807, 2.05) is 6.92 Å². The number of hydrogen-bond donors (Lipinski definition) is 1. The lowest BCUT2D eigenvalue weighted by Gasteiger charge is -2.24. The van der Waals surface area contributed by atoms with Gasteiger partial charge in [0.05, 0.1) is 6.04 Å². The molecule has 1 saturated heterocycles. The number of nitrogens with zero attached hydrogens (tertiary/aromatic N) is 3. The van der Waals surface area contributed by atoms with Gasteiger partial charge in [-0.25, -0.2) is 0 Å². The second-order valence-corrected chi connectivity index (χ2v) is 4.57. The van der Waals surface area contributed by atoms with Crippen molar-refractivity contribution >= 4 is 0 Å². The average molecular weight is 208 g/mol. The van der Waals surface area contributed by atoms with Crippen molar-refractivity contribution in [2.75, 3.05) is 6.54 Å². The molecule has 0 amide bonds. The van der Waals surface area contributed by atoms with Gasteiger partial charge in [0, 0.05) is 6.04 Å². The molecule has 1 atom stereocenters. The molecule has 4 heteroatoms. The summed E-state index contributed by atoms with van der Waals surface area (Å²) < 4.78 is 2.24. The fourth-order valence-corrected chi connectivity index (χ4v) is 2.33. The highest BCUT2D eigenvalue weighted by Crippen LogP contribution is 2.24. The Morgan fingerprint density at radius 3 is 2.73 bits per heavy atom. The van der Waals surface area contributed by atoms with Crippen molar-refractivity contribution < 1.29 is 0 Å². The average Bonchev–Trinajstić information content (AvgIpc) is 2.61. The zero-order chi connectivity index (χ0) is 10.8. The highest BCUT2D eigenvalue weighted by atomic mass is 15.3. The first kappa shape index (κ1) is 10.6. The second-order valence-electron chi connectivity index (χ2n) is 4.57. The lowest BCUT2D eigenvalue weighted by Crippen LogP contribution is -2.29. The molecule has 1 aliphatic heterocycles. The summed E-state index contributed by atoms with van der Waals surface area (Å²) in [5.41, 5.74) is 0. The Morgan fingerprint density at radius 1 is 1.33 bits per heavy atom. The molecule has 1 aliphatic rings. The molecule has 0 bridgehead atoms. The Morgan fingerprint density at radius 2 is 2.13 bits per heavy atom. The quantitative estimate of drug-likeness (QED) is 0.808. The first-order chi connectivity index (χ1) is 7.20. The summed E-state index contributed by atoms with van der Waals surface area (Å²) in [6.07, 6.45) is 3.76. The molecule has 84 valence electrons. The third kappa shape index (κ3) is 2.04. The summed E-state index contributed by atoms with van der Waals surface area (Å²) in [6, 6.07) is 0.848. The summed E-state index contributed by atoms with van der Waals surface area (Å²) in [6.45, 7) is 7.50. The van der Waals surface area contributed by atoms with Gasteiger partial charge in [-0.3, -0.25) is 0 Å². The summed E-state index contributed by atoms with van der Waals surface area (Å²) >= 11 is 0. The van der Waals surface area contributed by atoms with Gasteiger partial charge in [0.15, 0.2) is 0 Å². The molecule has 1 aromatic rings. The van der Waals surface area contributed by atoms with Crippen LogP contribution < -0.4 is 5.32 Å². The zero-order valence-corrected chi connectivity index (χ0v) is 9.82. The van der Waals surface area contributed by atoms with Crippen LogP contribution in [0.15, 0.2) is 0 Å². The molecule has 2 heterocycles. The van der Waals surface area contributed by atoms with E-state index in [9.17, 15) is 0 Å². The van der Waals surface area contributed by atoms with Gasteiger partial charge in [0.25, 0.3) is 0 Å². The van der Waals surface area contributed by atoms with Crippen LogP contribution in [0.4, 0.5) is 0 Å². The minimum absolute atomic E-state index is 0.405. The second kappa shape index (κ2) is 4.31. The number of hydrogen-bond acceptors (Lipinski definition) is 3. The Bertz CT molecular complexity index is 323. The molecule has 0 radical (unpaired) electrons. The molecule has 0 aromatic carbocycles. The van der Waals surface area contributed by atoms with Gasteiger partial charge in [0.2, 0.25) is 0 Å². The molecular weight excluding hydrogens is 188 g/mol. The number of rotatable bonds is 2. The molecule has 1 aromatic heterocycles. The zero-order valence-electron chi connectivity index (χ0n) is 9.82. The van der Waals surface area contributed by atoms with Crippen LogP contribution in [0.2, 0.25) is 0 Å². The Labute approximate surface area is 91.1 Å². The molecule has 0 spiro atoms. The minimum atomic E-state index is 0.405. The molecule has 1 fully saturated rings. The van der Waals surface area contributed by atoms with Crippen LogP contribution in [0.5, 0.6) is 0 Å². The molecule has 2 rings (SSSR count). The Hall–Kier alpha value is -0.900. The molecular formula is C11H20N4. The van der Waals surface area contributed by atoms with E-state index < -0.39 is 0 Å². The molecule has 0 aliphatic carbocycles. The number of nitrogens with one attached hydrogen (secondary N) is 1. The van der Waals surface area contributed by atoms with E-state index in [4.69, 9.17) is 0 Å². The fraction of sp³-hybridized carbons (Fsp3) is 0.818. The Balaban J connectivity index is 2.26. The van der Waals surface area contributed by atoms with Gasteiger partial charge in [-0.05, 0) is 40.2 Å². The fourth-order valence-electron chi connectivity index (χ4n) is 2.33. The Kier molecular flexibility index (Phi) is 3.05. The summed E-state index contributed by atoms with van der Waals surface area (Å²) in [7, 11) is 0. The lowest BCUT2D eigenvalue weighted by atomic mass is 10.0. The van der Waals surface area contributed by atoms with E-state index in [0.717, 1.165) is 18.2 Å². The van der Waals surface area contributed by atoms with Gasteiger partial charge in [-0.2, -0.15) is 0 Å². The molecule has 0 saturated carbocycles. The van der Waals surface area contributed by atoms with E-state index in [1.165, 1.54) is 19.3 Å². The predicted octanol–water partition coefficient (Wildman–Crippen LogP) is 1.98. The topological polar surface area (TPSA) is 42.7 Å². The highest BCUT2D eigenvalue weighted by molar-refractivity contribution is 5.02. The maximum atomic E-state index is 4.31. The lowest BCUT2D eigenvalue weighted by molar-refractivity contribution is 0.376. The maximum absolute atomic E-state index is 4.31. The predicted molar refractivity (Wildman–Crippen MR) is 59.7 cm³/mol. The van der Waals surface area contributed by atoms with Crippen LogP contribution in [0.1, 0.15) is 56.8 Å². The number of aryl methyl sites for hydroxylation is 1. The van der Waals surface area contributed by atoms with Crippen molar-refractivity contribution in [3.05, 3.63) is 11.6 Å². The minimum Gasteiger partial charge on any atom is -0.311 e. The summed E-state index contributed by atoms with van der Waals surface area (Å²) in [5, 5.41) is 12.0. The molecule has 4 nitrogen and oxygen atoms in total. The van der Waals surface area contributed by atoms with E-state index in [-0.39, 0.29) is 0 Å². The van der Waals surface area contributed by atoms with Gasteiger partial charge in [-0.1, -0.05) is 6.42 Å². The van der Waals surface area contributed by atoms with Crippen molar-refractivity contribution in [3.63, 3.8) is 0 Å². The molecule has 1 N–H and O–H groups in total. The SMILES string of the molecule is Cc1nnc(C2CCCCN2)n1C(C)C.